The molecule has 1 saturated heterocycles. The molecule has 0 bridgehead atoms. The van der Waals surface area contributed by atoms with Crippen molar-refractivity contribution in [1.82, 2.24) is 10.2 Å². The van der Waals surface area contributed by atoms with E-state index in [1.807, 2.05) is 37.4 Å². The number of aliphatic hydroxyl groups is 1. The monoisotopic (exact) mass is 311 g/mol. The zero-order valence-corrected chi connectivity index (χ0v) is 13.6. The largest absolute Gasteiger partial charge is 0.388 e. The lowest BCUT2D eigenvalue weighted by Crippen LogP contribution is -2.47. The predicted molar refractivity (Wildman–Crippen MR) is 94.6 cm³/mol. The molecule has 0 saturated carbocycles. The van der Waals surface area contributed by atoms with E-state index in [0.717, 1.165) is 30.9 Å². The van der Waals surface area contributed by atoms with Gasteiger partial charge < -0.3 is 15.7 Å². The first-order chi connectivity index (χ1) is 11.3. The molecule has 2 aromatic carbocycles. The molecule has 0 aromatic heterocycles. The fourth-order valence-corrected chi connectivity index (χ4v) is 3.17. The van der Waals surface area contributed by atoms with E-state index < -0.39 is 6.10 Å². The van der Waals surface area contributed by atoms with Crippen LogP contribution in [0.5, 0.6) is 0 Å². The molecule has 1 heterocycles. The molecular weight excluding hydrogens is 286 g/mol. The molecule has 0 spiro atoms. The molecule has 1 fully saturated rings. The Hall–Kier alpha value is -1.88. The van der Waals surface area contributed by atoms with Gasteiger partial charge in [-0.15, -0.1) is 0 Å². The van der Waals surface area contributed by atoms with Crippen LogP contribution in [0.15, 0.2) is 54.6 Å². The van der Waals surface area contributed by atoms with Gasteiger partial charge in [-0.25, -0.2) is 0 Å². The Morgan fingerprint density at radius 3 is 2.61 bits per heavy atom. The SMILES string of the molecule is CNc1ccc(C(O)CN2CCNCC2c2ccccc2)cc1. The summed E-state index contributed by atoms with van der Waals surface area (Å²) >= 11 is 0. The van der Waals surface area contributed by atoms with Gasteiger partial charge in [-0.1, -0.05) is 42.5 Å². The van der Waals surface area contributed by atoms with Gasteiger partial charge in [0.1, 0.15) is 0 Å². The molecule has 122 valence electrons. The fraction of sp³-hybridized carbons (Fsp3) is 0.368. The maximum absolute atomic E-state index is 10.6. The van der Waals surface area contributed by atoms with Crippen molar-refractivity contribution >= 4 is 5.69 Å². The van der Waals surface area contributed by atoms with E-state index >= 15 is 0 Å². The number of β-amino-alcohol motifs (C(OH)–C–C–N with tert-alkyl or cyclic N) is 1. The molecule has 1 aliphatic rings. The molecule has 0 amide bonds. The van der Waals surface area contributed by atoms with E-state index in [0.29, 0.717) is 12.6 Å². The Morgan fingerprint density at radius 2 is 1.91 bits per heavy atom. The zero-order chi connectivity index (χ0) is 16.1. The highest BCUT2D eigenvalue weighted by atomic mass is 16.3. The number of aliphatic hydroxyl groups excluding tert-OH is 1. The fourth-order valence-electron chi connectivity index (χ4n) is 3.17. The maximum Gasteiger partial charge on any atom is 0.0917 e. The third-order valence-electron chi connectivity index (χ3n) is 4.53. The minimum absolute atomic E-state index is 0.316. The highest BCUT2D eigenvalue weighted by Gasteiger charge is 2.25. The molecule has 3 rings (SSSR count). The van der Waals surface area contributed by atoms with Crippen LogP contribution >= 0.6 is 0 Å². The normalized spacial score (nSPS) is 20.2. The molecular formula is C19H25N3O. The van der Waals surface area contributed by atoms with Crippen LogP contribution in [-0.2, 0) is 0 Å². The van der Waals surface area contributed by atoms with E-state index in [4.69, 9.17) is 0 Å². The second-order valence-electron chi connectivity index (χ2n) is 6.01. The van der Waals surface area contributed by atoms with Crippen LogP contribution in [-0.4, -0.2) is 43.2 Å². The summed E-state index contributed by atoms with van der Waals surface area (Å²) in [5.41, 5.74) is 3.33. The average Bonchev–Trinajstić information content (AvgIpc) is 2.63. The van der Waals surface area contributed by atoms with Crippen LogP contribution in [0.1, 0.15) is 23.3 Å². The van der Waals surface area contributed by atoms with Crippen molar-refractivity contribution < 1.29 is 5.11 Å². The van der Waals surface area contributed by atoms with Gasteiger partial charge in [-0.05, 0) is 23.3 Å². The van der Waals surface area contributed by atoms with Crippen LogP contribution in [0.2, 0.25) is 0 Å². The summed E-state index contributed by atoms with van der Waals surface area (Å²) < 4.78 is 0. The molecule has 1 aliphatic heterocycles. The van der Waals surface area contributed by atoms with Gasteiger partial charge in [0.25, 0.3) is 0 Å². The number of rotatable bonds is 5. The summed E-state index contributed by atoms with van der Waals surface area (Å²) in [5.74, 6) is 0. The summed E-state index contributed by atoms with van der Waals surface area (Å²) in [6.45, 7) is 3.50. The molecule has 2 unspecified atom stereocenters. The van der Waals surface area contributed by atoms with E-state index in [9.17, 15) is 5.11 Å². The second kappa shape index (κ2) is 7.59. The van der Waals surface area contributed by atoms with Crippen molar-refractivity contribution in [3.05, 3.63) is 65.7 Å². The number of hydrogen-bond donors (Lipinski definition) is 3. The highest BCUT2D eigenvalue weighted by molar-refractivity contribution is 5.44. The summed E-state index contributed by atoms with van der Waals surface area (Å²) in [7, 11) is 1.90. The topological polar surface area (TPSA) is 47.5 Å². The van der Waals surface area contributed by atoms with Gasteiger partial charge in [0, 0.05) is 45.0 Å². The number of benzene rings is 2. The molecule has 0 radical (unpaired) electrons. The number of anilines is 1. The maximum atomic E-state index is 10.6. The lowest BCUT2D eigenvalue weighted by atomic mass is 10.0. The third-order valence-corrected chi connectivity index (χ3v) is 4.53. The Bertz CT molecular complexity index is 600. The van der Waals surface area contributed by atoms with E-state index in [1.165, 1.54) is 5.56 Å². The highest BCUT2D eigenvalue weighted by Crippen LogP contribution is 2.25. The summed E-state index contributed by atoms with van der Waals surface area (Å²) in [5, 5.41) is 17.2. The predicted octanol–water partition coefficient (Wildman–Crippen LogP) is 2.41. The first-order valence-electron chi connectivity index (χ1n) is 8.23. The molecule has 2 aromatic rings. The van der Waals surface area contributed by atoms with Crippen molar-refractivity contribution in [2.45, 2.75) is 12.1 Å². The van der Waals surface area contributed by atoms with Gasteiger partial charge in [0.05, 0.1) is 6.10 Å². The molecule has 3 N–H and O–H groups in total. The first-order valence-corrected chi connectivity index (χ1v) is 8.23. The lowest BCUT2D eigenvalue weighted by Gasteiger charge is -2.37. The van der Waals surface area contributed by atoms with Crippen molar-refractivity contribution in [3.63, 3.8) is 0 Å². The van der Waals surface area contributed by atoms with E-state index in [1.54, 1.807) is 0 Å². The van der Waals surface area contributed by atoms with Gasteiger partial charge in [-0.2, -0.15) is 0 Å². The van der Waals surface area contributed by atoms with Crippen LogP contribution in [0.25, 0.3) is 0 Å². The average molecular weight is 311 g/mol. The standard InChI is InChI=1S/C19H25N3O/c1-20-17-9-7-16(8-10-17)19(23)14-22-12-11-21-13-18(22)15-5-3-2-4-6-15/h2-10,18-21,23H,11-14H2,1H3. The minimum Gasteiger partial charge on any atom is -0.388 e. The first kappa shape index (κ1) is 16.0. The summed E-state index contributed by atoms with van der Waals surface area (Å²) in [6.07, 6.45) is -0.467. The molecule has 2 atom stereocenters. The van der Waals surface area contributed by atoms with Gasteiger partial charge in [-0.3, -0.25) is 4.90 Å². The van der Waals surface area contributed by atoms with E-state index in [2.05, 4.69) is 39.8 Å². The minimum atomic E-state index is -0.467. The molecule has 4 nitrogen and oxygen atoms in total. The molecule has 23 heavy (non-hydrogen) atoms. The van der Waals surface area contributed by atoms with Crippen molar-refractivity contribution in [2.75, 3.05) is 38.5 Å². The number of nitrogens with zero attached hydrogens (tertiary/aromatic N) is 1. The Balaban J connectivity index is 1.71. The van der Waals surface area contributed by atoms with Gasteiger partial charge >= 0.3 is 0 Å². The van der Waals surface area contributed by atoms with Crippen LogP contribution in [0, 0.1) is 0 Å². The van der Waals surface area contributed by atoms with Gasteiger partial charge in [0.2, 0.25) is 0 Å². The van der Waals surface area contributed by atoms with E-state index in [-0.39, 0.29) is 0 Å². The Kier molecular flexibility index (Phi) is 5.28. The summed E-state index contributed by atoms with van der Waals surface area (Å²) in [6, 6.07) is 18.8. The molecule has 4 heteroatoms. The van der Waals surface area contributed by atoms with Crippen molar-refractivity contribution in [3.8, 4) is 0 Å². The summed E-state index contributed by atoms with van der Waals surface area (Å²) in [4.78, 5) is 2.38. The third kappa shape index (κ3) is 3.91. The smallest absolute Gasteiger partial charge is 0.0917 e. The van der Waals surface area contributed by atoms with Gasteiger partial charge in [0.15, 0.2) is 0 Å². The zero-order valence-electron chi connectivity index (χ0n) is 13.6. The lowest BCUT2D eigenvalue weighted by molar-refractivity contribution is 0.0733. The Labute approximate surface area is 138 Å². The second-order valence-corrected chi connectivity index (χ2v) is 6.01. The number of nitrogens with one attached hydrogen (secondary N) is 2. The van der Waals surface area contributed by atoms with Crippen molar-refractivity contribution in [2.24, 2.45) is 0 Å². The quantitative estimate of drug-likeness (QED) is 0.794. The van der Waals surface area contributed by atoms with Crippen LogP contribution < -0.4 is 10.6 Å². The number of piperazine rings is 1. The van der Waals surface area contributed by atoms with Crippen LogP contribution in [0.3, 0.4) is 0 Å². The Morgan fingerprint density at radius 1 is 1.17 bits per heavy atom. The van der Waals surface area contributed by atoms with Crippen molar-refractivity contribution in [1.29, 1.82) is 0 Å². The molecule has 0 aliphatic carbocycles. The number of hydrogen-bond acceptors (Lipinski definition) is 4. The van der Waals surface area contributed by atoms with Crippen LogP contribution in [0.4, 0.5) is 5.69 Å².